The Bertz CT molecular complexity index is 607. The molecule has 0 unspecified atom stereocenters. The lowest BCUT2D eigenvalue weighted by atomic mass is 10.2. The van der Waals surface area contributed by atoms with Crippen LogP contribution in [-0.2, 0) is 0 Å². The fraction of sp³-hybridized carbons (Fsp3) is 0. The van der Waals surface area contributed by atoms with Crippen molar-refractivity contribution in [3.8, 4) is 11.8 Å². The van der Waals surface area contributed by atoms with Gasteiger partial charge in [0.25, 0.3) is 0 Å². The van der Waals surface area contributed by atoms with E-state index in [0.717, 1.165) is 0 Å². The predicted molar refractivity (Wildman–Crippen MR) is 59.7 cm³/mol. The van der Waals surface area contributed by atoms with Crippen molar-refractivity contribution in [2.45, 2.75) is 0 Å². The summed E-state index contributed by atoms with van der Waals surface area (Å²) in [6.45, 7) is 0. The van der Waals surface area contributed by atoms with E-state index in [2.05, 4.69) is 5.10 Å². The van der Waals surface area contributed by atoms with E-state index in [1.807, 2.05) is 6.07 Å². The minimum atomic E-state index is -1.12. The van der Waals surface area contributed by atoms with Crippen LogP contribution < -0.4 is 5.73 Å². The zero-order chi connectivity index (χ0) is 12.4. The van der Waals surface area contributed by atoms with Crippen molar-refractivity contribution in [3.05, 3.63) is 41.6 Å². The van der Waals surface area contributed by atoms with Gasteiger partial charge < -0.3 is 10.8 Å². The maximum Gasteiger partial charge on any atom is 0.341 e. The van der Waals surface area contributed by atoms with E-state index in [0.29, 0.717) is 11.3 Å². The SMILES string of the molecule is N#Cc1ccc(-n2ncc(C(=O)O)c2N)cc1. The van der Waals surface area contributed by atoms with Crippen LogP contribution in [0.5, 0.6) is 0 Å². The van der Waals surface area contributed by atoms with Crippen LogP contribution in [0.2, 0.25) is 0 Å². The molecule has 3 N–H and O–H groups in total. The number of rotatable bonds is 2. The first-order valence-corrected chi connectivity index (χ1v) is 4.71. The molecule has 0 amide bonds. The number of nitrogens with zero attached hydrogens (tertiary/aromatic N) is 3. The largest absolute Gasteiger partial charge is 0.477 e. The van der Waals surface area contributed by atoms with E-state index in [1.54, 1.807) is 24.3 Å². The van der Waals surface area contributed by atoms with Crippen LogP contribution in [-0.4, -0.2) is 20.9 Å². The highest BCUT2D eigenvalue weighted by Gasteiger charge is 2.14. The number of carboxylic acids is 1. The lowest BCUT2D eigenvalue weighted by Gasteiger charge is -2.03. The number of hydrogen-bond acceptors (Lipinski definition) is 4. The number of nitrogens with two attached hydrogens (primary N) is 1. The second kappa shape index (κ2) is 3.98. The van der Waals surface area contributed by atoms with Crippen molar-refractivity contribution in [3.63, 3.8) is 0 Å². The first kappa shape index (κ1) is 10.7. The van der Waals surface area contributed by atoms with Gasteiger partial charge in [-0.05, 0) is 24.3 Å². The number of nitriles is 1. The molecule has 0 saturated carbocycles. The molecule has 0 aliphatic rings. The molecule has 1 aromatic heterocycles. The standard InChI is InChI=1S/C11H8N4O2/c12-5-7-1-3-8(4-2-7)15-10(13)9(6-14-15)11(16)17/h1-4,6H,13H2,(H,16,17). The lowest BCUT2D eigenvalue weighted by Crippen LogP contribution is -2.05. The molecule has 6 nitrogen and oxygen atoms in total. The molecule has 17 heavy (non-hydrogen) atoms. The second-order valence-corrected chi connectivity index (χ2v) is 3.32. The summed E-state index contributed by atoms with van der Waals surface area (Å²) in [5.74, 6) is -1.07. The maximum atomic E-state index is 10.8. The van der Waals surface area contributed by atoms with Crippen LogP contribution in [0.1, 0.15) is 15.9 Å². The molecule has 0 saturated heterocycles. The van der Waals surface area contributed by atoms with Crippen molar-refractivity contribution in [1.29, 1.82) is 5.26 Å². The molecule has 2 rings (SSSR count). The Morgan fingerprint density at radius 3 is 2.53 bits per heavy atom. The molecule has 0 fully saturated rings. The topological polar surface area (TPSA) is 105 Å². The van der Waals surface area contributed by atoms with E-state index in [4.69, 9.17) is 16.1 Å². The van der Waals surface area contributed by atoms with E-state index >= 15 is 0 Å². The first-order valence-electron chi connectivity index (χ1n) is 4.71. The third-order valence-electron chi connectivity index (χ3n) is 2.28. The number of carboxylic acid groups (broad SMARTS) is 1. The lowest BCUT2D eigenvalue weighted by molar-refractivity contribution is 0.0698. The third-order valence-corrected chi connectivity index (χ3v) is 2.28. The fourth-order valence-electron chi connectivity index (χ4n) is 1.41. The summed E-state index contributed by atoms with van der Waals surface area (Å²) in [4.78, 5) is 10.8. The number of aromatic carboxylic acids is 1. The smallest absolute Gasteiger partial charge is 0.341 e. The van der Waals surface area contributed by atoms with E-state index in [1.165, 1.54) is 10.9 Å². The van der Waals surface area contributed by atoms with Crippen LogP contribution in [0, 0.1) is 11.3 Å². The average molecular weight is 228 g/mol. The minimum absolute atomic E-state index is 0.0469. The summed E-state index contributed by atoms with van der Waals surface area (Å²) >= 11 is 0. The summed E-state index contributed by atoms with van der Waals surface area (Å²) in [6, 6.07) is 8.50. The summed E-state index contributed by atoms with van der Waals surface area (Å²) in [5, 5.41) is 21.4. The Morgan fingerprint density at radius 2 is 2.06 bits per heavy atom. The fourth-order valence-corrected chi connectivity index (χ4v) is 1.41. The van der Waals surface area contributed by atoms with Gasteiger partial charge in [-0.2, -0.15) is 10.4 Å². The Hall–Kier alpha value is -2.81. The summed E-state index contributed by atoms with van der Waals surface area (Å²) in [7, 11) is 0. The molecule has 1 heterocycles. The van der Waals surface area contributed by atoms with Gasteiger partial charge in [-0.1, -0.05) is 0 Å². The van der Waals surface area contributed by atoms with Crippen molar-refractivity contribution in [2.24, 2.45) is 0 Å². The Labute approximate surface area is 96.5 Å². The molecule has 6 heteroatoms. The summed E-state index contributed by atoms with van der Waals surface area (Å²) in [5.41, 5.74) is 6.73. The Kier molecular flexibility index (Phi) is 2.51. The van der Waals surface area contributed by atoms with Gasteiger partial charge in [0.2, 0.25) is 0 Å². The number of nitrogen functional groups attached to an aromatic ring is 1. The molecule has 0 radical (unpaired) electrons. The van der Waals surface area contributed by atoms with Crippen molar-refractivity contribution < 1.29 is 9.90 Å². The predicted octanol–water partition coefficient (Wildman–Crippen LogP) is 1.02. The average Bonchev–Trinajstić information content (AvgIpc) is 2.71. The highest BCUT2D eigenvalue weighted by Crippen LogP contribution is 2.17. The first-order chi connectivity index (χ1) is 8.13. The normalized spacial score (nSPS) is 9.82. The van der Waals surface area contributed by atoms with Crippen LogP contribution >= 0.6 is 0 Å². The van der Waals surface area contributed by atoms with Gasteiger partial charge in [0, 0.05) is 0 Å². The zero-order valence-electron chi connectivity index (χ0n) is 8.66. The maximum absolute atomic E-state index is 10.8. The third kappa shape index (κ3) is 1.81. The molecule has 1 aromatic carbocycles. The van der Waals surface area contributed by atoms with Gasteiger partial charge in [0.1, 0.15) is 11.4 Å². The molecule has 0 bridgehead atoms. The molecule has 2 aromatic rings. The zero-order valence-corrected chi connectivity index (χ0v) is 8.66. The molecular weight excluding hydrogens is 220 g/mol. The van der Waals surface area contributed by atoms with Crippen LogP contribution in [0.3, 0.4) is 0 Å². The van der Waals surface area contributed by atoms with Crippen molar-refractivity contribution in [1.82, 2.24) is 9.78 Å². The van der Waals surface area contributed by atoms with E-state index < -0.39 is 5.97 Å². The van der Waals surface area contributed by atoms with Crippen LogP contribution in [0.15, 0.2) is 30.5 Å². The highest BCUT2D eigenvalue weighted by molar-refractivity contribution is 5.92. The van der Waals surface area contributed by atoms with E-state index in [9.17, 15) is 4.79 Å². The van der Waals surface area contributed by atoms with Crippen molar-refractivity contribution >= 4 is 11.8 Å². The molecular formula is C11H8N4O2. The van der Waals surface area contributed by atoms with Gasteiger partial charge in [-0.25, -0.2) is 9.48 Å². The number of anilines is 1. The monoisotopic (exact) mass is 228 g/mol. The number of aromatic nitrogens is 2. The Morgan fingerprint density at radius 1 is 1.41 bits per heavy atom. The second-order valence-electron chi connectivity index (χ2n) is 3.32. The van der Waals surface area contributed by atoms with Gasteiger partial charge in [0.15, 0.2) is 0 Å². The van der Waals surface area contributed by atoms with E-state index in [-0.39, 0.29) is 11.4 Å². The van der Waals surface area contributed by atoms with Crippen molar-refractivity contribution in [2.75, 3.05) is 5.73 Å². The number of benzene rings is 1. The minimum Gasteiger partial charge on any atom is -0.477 e. The van der Waals surface area contributed by atoms with Gasteiger partial charge in [-0.15, -0.1) is 0 Å². The molecule has 0 atom stereocenters. The summed E-state index contributed by atoms with van der Waals surface area (Å²) in [6.07, 6.45) is 1.19. The molecule has 84 valence electrons. The van der Waals surface area contributed by atoms with Crippen LogP contribution in [0.25, 0.3) is 5.69 Å². The summed E-state index contributed by atoms with van der Waals surface area (Å²) < 4.78 is 1.31. The quantitative estimate of drug-likeness (QED) is 0.798. The van der Waals surface area contributed by atoms with Gasteiger partial charge in [0.05, 0.1) is 23.5 Å². The molecule has 0 spiro atoms. The number of carbonyl (C=O) groups is 1. The highest BCUT2D eigenvalue weighted by atomic mass is 16.4. The van der Waals surface area contributed by atoms with Gasteiger partial charge in [-0.3, -0.25) is 0 Å². The Balaban J connectivity index is 2.47. The molecule has 0 aliphatic carbocycles. The molecule has 0 aliphatic heterocycles. The van der Waals surface area contributed by atoms with Crippen LogP contribution in [0.4, 0.5) is 5.82 Å². The van der Waals surface area contributed by atoms with Gasteiger partial charge >= 0.3 is 5.97 Å². The number of hydrogen-bond donors (Lipinski definition) is 2.